The molecule has 2 aromatic rings. The average molecular weight is 272 g/mol. The normalized spacial score (nSPS) is 11.3. The van der Waals surface area contributed by atoms with Crippen LogP contribution in [0, 0.1) is 0 Å². The summed E-state index contributed by atoms with van der Waals surface area (Å²) in [6.07, 6.45) is 1.70. The lowest BCUT2D eigenvalue weighted by molar-refractivity contribution is 0.187. The third-order valence-corrected chi connectivity index (χ3v) is 2.92. The highest BCUT2D eigenvalue weighted by atomic mass is 16.5. The maximum absolute atomic E-state index is 9.23. The second-order valence-electron chi connectivity index (χ2n) is 5.31. The molecule has 0 radical (unpaired) electrons. The molecule has 0 aliphatic rings. The van der Waals surface area contributed by atoms with Crippen LogP contribution >= 0.6 is 0 Å². The number of hydrogen-bond donors (Lipinski definition) is 2. The van der Waals surface area contributed by atoms with Crippen LogP contribution in [-0.4, -0.2) is 22.2 Å². The molecule has 106 valence electrons. The van der Waals surface area contributed by atoms with E-state index in [2.05, 4.69) is 10.3 Å². The second-order valence-corrected chi connectivity index (χ2v) is 5.31. The van der Waals surface area contributed by atoms with E-state index < -0.39 is 0 Å². The number of aliphatic hydroxyl groups excluding tert-OH is 1. The Morgan fingerprint density at radius 2 is 2.05 bits per heavy atom. The van der Waals surface area contributed by atoms with Crippen LogP contribution in [0.2, 0.25) is 0 Å². The Morgan fingerprint density at radius 3 is 2.75 bits per heavy atom. The summed E-state index contributed by atoms with van der Waals surface area (Å²) < 4.78 is 5.69. The molecule has 0 saturated heterocycles. The van der Waals surface area contributed by atoms with Gasteiger partial charge in [0.15, 0.2) is 0 Å². The first-order chi connectivity index (χ1) is 9.59. The van der Waals surface area contributed by atoms with Gasteiger partial charge >= 0.3 is 0 Å². The van der Waals surface area contributed by atoms with E-state index in [9.17, 15) is 5.11 Å². The molecule has 0 spiro atoms. The highest BCUT2D eigenvalue weighted by molar-refractivity contribution is 5.31. The van der Waals surface area contributed by atoms with Crippen LogP contribution in [0.5, 0.6) is 11.6 Å². The first-order valence-electron chi connectivity index (χ1n) is 6.63. The van der Waals surface area contributed by atoms with E-state index in [1.807, 2.05) is 56.3 Å². The molecule has 0 amide bonds. The summed E-state index contributed by atoms with van der Waals surface area (Å²) in [5.74, 6) is 1.33. The summed E-state index contributed by atoms with van der Waals surface area (Å²) in [4.78, 5) is 4.13. The molecule has 4 heteroatoms. The van der Waals surface area contributed by atoms with Gasteiger partial charge in [-0.05, 0) is 37.6 Å². The second kappa shape index (κ2) is 6.50. The van der Waals surface area contributed by atoms with Gasteiger partial charge in [-0.2, -0.15) is 0 Å². The molecule has 1 aromatic heterocycles. The van der Waals surface area contributed by atoms with E-state index in [0.717, 1.165) is 11.3 Å². The van der Waals surface area contributed by atoms with Crippen LogP contribution in [0.3, 0.4) is 0 Å². The van der Waals surface area contributed by atoms with Crippen LogP contribution in [0.4, 0.5) is 0 Å². The van der Waals surface area contributed by atoms with Gasteiger partial charge in [0.1, 0.15) is 5.75 Å². The summed E-state index contributed by atoms with van der Waals surface area (Å²) in [5, 5.41) is 12.5. The first-order valence-corrected chi connectivity index (χ1v) is 6.63. The molecule has 0 aliphatic heterocycles. The van der Waals surface area contributed by atoms with Crippen LogP contribution in [0.1, 0.15) is 19.4 Å². The van der Waals surface area contributed by atoms with E-state index in [0.29, 0.717) is 12.4 Å². The van der Waals surface area contributed by atoms with E-state index in [4.69, 9.17) is 4.74 Å². The highest BCUT2D eigenvalue weighted by Gasteiger charge is 2.14. The number of hydrogen-bond acceptors (Lipinski definition) is 4. The predicted molar refractivity (Wildman–Crippen MR) is 78.8 cm³/mol. The zero-order chi connectivity index (χ0) is 14.4. The summed E-state index contributed by atoms with van der Waals surface area (Å²) in [6.45, 7) is 4.69. The fourth-order valence-corrected chi connectivity index (χ4v) is 1.64. The van der Waals surface area contributed by atoms with E-state index in [-0.39, 0.29) is 12.1 Å². The zero-order valence-corrected chi connectivity index (χ0v) is 11.8. The third-order valence-electron chi connectivity index (χ3n) is 2.92. The van der Waals surface area contributed by atoms with Crippen molar-refractivity contribution in [3.63, 3.8) is 0 Å². The molecule has 0 fully saturated rings. The zero-order valence-electron chi connectivity index (χ0n) is 11.8. The molecule has 0 bridgehead atoms. The van der Waals surface area contributed by atoms with E-state index in [1.54, 1.807) is 6.20 Å². The van der Waals surface area contributed by atoms with Gasteiger partial charge in [0.2, 0.25) is 5.88 Å². The van der Waals surface area contributed by atoms with Crippen molar-refractivity contribution < 1.29 is 9.84 Å². The Balaban J connectivity index is 2.01. The SMILES string of the molecule is CC(C)(CO)NCc1cccc(Oc2ccccn2)c1. The fraction of sp³-hybridized carbons (Fsp3) is 0.312. The lowest BCUT2D eigenvalue weighted by atomic mass is 10.1. The average Bonchev–Trinajstić information content (AvgIpc) is 2.47. The van der Waals surface area contributed by atoms with Gasteiger partial charge in [-0.1, -0.05) is 18.2 Å². The van der Waals surface area contributed by atoms with Crippen LogP contribution in [0.15, 0.2) is 48.7 Å². The molecule has 1 heterocycles. The smallest absolute Gasteiger partial charge is 0.219 e. The van der Waals surface area contributed by atoms with Gasteiger partial charge in [-0.15, -0.1) is 0 Å². The van der Waals surface area contributed by atoms with Crippen molar-refractivity contribution in [2.45, 2.75) is 25.9 Å². The Bertz CT molecular complexity index is 541. The first kappa shape index (κ1) is 14.5. The Hall–Kier alpha value is -1.91. The van der Waals surface area contributed by atoms with Crippen LogP contribution < -0.4 is 10.1 Å². The minimum absolute atomic E-state index is 0.0944. The van der Waals surface area contributed by atoms with Crippen molar-refractivity contribution in [3.8, 4) is 11.6 Å². The standard InChI is InChI=1S/C16H20N2O2/c1-16(2,12-19)18-11-13-6-5-7-14(10-13)20-15-8-3-4-9-17-15/h3-10,18-19H,11-12H2,1-2H3. The number of rotatable bonds is 6. The molecule has 20 heavy (non-hydrogen) atoms. The third kappa shape index (κ3) is 4.33. The van der Waals surface area contributed by atoms with Gasteiger partial charge in [-0.3, -0.25) is 0 Å². The van der Waals surface area contributed by atoms with Gasteiger partial charge < -0.3 is 15.2 Å². The molecular formula is C16H20N2O2. The lowest BCUT2D eigenvalue weighted by Crippen LogP contribution is -2.42. The summed E-state index contributed by atoms with van der Waals surface area (Å²) in [5.41, 5.74) is 0.803. The highest BCUT2D eigenvalue weighted by Crippen LogP contribution is 2.20. The van der Waals surface area contributed by atoms with Crippen molar-refractivity contribution in [2.75, 3.05) is 6.61 Å². The fourth-order valence-electron chi connectivity index (χ4n) is 1.64. The predicted octanol–water partition coefficient (Wildman–Crippen LogP) is 2.73. The van der Waals surface area contributed by atoms with Crippen LogP contribution in [0.25, 0.3) is 0 Å². The molecule has 0 saturated carbocycles. The molecule has 4 nitrogen and oxygen atoms in total. The topological polar surface area (TPSA) is 54.4 Å². The number of benzene rings is 1. The molecule has 1 aromatic carbocycles. The lowest BCUT2D eigenvalue weighted by Gasteiger charge is -2.23. The summed E-state index contributed by atoms with van der Waals surface area (Å²) in [7, 11) is 0. The minimum Gasteiger partial charge on any atom is -0.439 e. The summed E-state index contributed by atoms with van der Waals surface area (Å²) in [6, 6.07) is 13.4. The quantitative estimate of drug-likeness (QED) is 0.849. The number of aliphatic hydroxyl groups is 1. The maximum Gasteiger partial charge on any atom is 0.219 e. The molecule has 0 unspecified atom stereocenters. The van der Waals surface area contributed by atoms with Crippen molar-refractivity contribution >= 4 is 0 Å². The Morgan fingerprint density at radius 1 is 1.20 bits per heavy atom. The Labute approximate surface area is 119 Å². The van der Waals surface area contributed by atoms with Gasteiger partial charge in [0.05, 0.1) is 6.61 Å². The maximum atomic E-state index is 9.23. The number of aromatic nitrogens is 1. The van der Waals surface area contributed by atoms with Crippen molar-refractivity contribution in [3.05, 3.63) is 54.2 Å². The van der Waals surface area contributed by atoms with Gasteiger partial charge in [0, 0.05) is 24.3 Å². The van der Waals surface area contributed by atoms with E-state index >= 15 is 0 Å². The monoisotopic (exact) mass is 272 g/mol. The minimum atomic E-state index is -0.294. The van der Waals surface area contributed by atoms with Gasteiger partial charge in [-0.25, -0.2) is 4.98 Å². The van der Waals surface area contributed by atoms with Crippen LogP contribution in [-0.2, 0) is 6.54 Å². The largest absolute Gasteiger partial charge is 0.439 e. The molecule has 0 atom stereocenters. The molecule has 0 aliphatic carbocycles. The molecule has 2 N–H and O–H groups in total. The van der Waals surface area contributed by atoms with Crippen molar-refractivity contribution in [1.29, 1.82) is 0 Å². The van der Waals surface area contributed by atoms with E-state index in [1.165, 1.54) is 0 Å². The van der Waals surface area contributed by atoms with Gasteiger partial charge in [0.25, 0.3) is 0 Å². The Kier molecular flexibility index (Phi) is 4.71. The van der Waals surface area contributed by atoms with Crippen molar-refractivity contribution in [1.82, 2.24) is 10.3 Å². The number of nitrogens with zero attached hydrogens (tertiary/aromatic N) is 1. The number of pyridine rings is 1. The van der Waals surface area contributed by atoms with Crippen molar-refractivity contribution in [2.24, 2.45) is 0 Å². The molecule has 2 rings (SSSR count). The number of ether oxygens (including phenoxy) is 1. The molecular weight excluding hydrogens is 252 g/mol. The number of nitrogens with one attached hydrogen (secondary N) is 1. The summed E-state index contributed by atoms with van der Waals surface area (Å²) >= 11 is 0.